The maximum absolute atomic E-state index is 13.1. The molecule has 0 fully saturated rings. The van der Waals surface area contributed by atoms with Crippen molar-refractivity contribution < 1.29 is 13.9 Å². The van der Waals surface area contributed by atoms with E-state index >= 15 is 0 Å². The topological polar surface area (TPSA) is 49.2 Å². The van der Waals surface area contributed by atoms with Crippen LogP contribution in [0.4, 0.5) is 4.39 Å². The number of nitrogens with zero attached hydrogens (tertiary/aromatic N) is 3. The van der Waals surface area contributed by atoms with Gasteiger partial charge in [0.05, 0.1) is 6.61 Å². The number of hydrogen-bond acceptors (Lipinski definition) is 5. The van der Waals surface area contributed by atoms with E-state index < -0.39 is 0 Å². The molecule has 8 heteroatoms. The SMILES string of the molecule is Cn1c(SCc2cc(Cl)cc3c2OCOC3)nnc1-c1ccc(F)cc1. The van der Waals surface area contributed by atoms with Crippen LogP contribution in [-0.4, -0.2) is 21.6 Å². The molecule has 0 N–H and O–H groups in total. The molecule has 5 nitrogen and oxygen atoms in total. The summed E-state index contributed by atoms with van der Waals surface area (Å²) in [6.45, 7) is 0.733. The van der Waals surface area contributed by atoms with E-state index in [1.54, 1.807) is 12.1 Å². The molecule has 1 aliphatic rings. The Morgan fingerprint density at radius 2 is 2.04 bits per heavy atom. The minimum Gasteiger partial charge on any atom is -0.467 e. The average molecular weight is 392 g/mol. The number of aromatic nitrogens is 3. The summed E-state index contributed by atoms with van der Waals surface area (Å²) in [6, 6.07) is 9.96. The summed E-state index contributed by atoms with van der Waals surface area (Å²) in [6.07, 6.45) is 0. The lowest BCUT2D eigenvalue weighted by Gasteiger charge is -2.20. The second-order valence-electron chi connectivity index (χ2n) is 5.82. The lowest BCUT2D eigenvalue weighted by molar-refractivity contribution is -0.0168. The van der Waals surface area contributed by atoms with E-state index in [2.05, 4.69) is 10.2 Å². The first-order valence-corrected chi connectivity index (χ1v) is 9.28. The third kappa shape index (κ3) is 3.42. The summed E-state index contributed by atoms with van der Waals surface area (Å²) >= 11 is 7.74. The molecule has 0 aliphatic carbocycles. The molecule has 0 unspecified atom stereocenters. The number of fused-ring (bicyclic) bond motifs is 1. The first kappa shape index (κ1) is 17.3. The van der Waals surface area contributed by atoms with Gasteiger partial charge in [-0.3, -0.25) is 0 Å². The second kappa shape index (κ2) is 7.26. The standard InChI is InChI=1S/C18H15ClFN3O2S/c1-23-17(11-2-4-15(20)5-3-11)21-22-18(23)26-9-13-7-14(19)6-12-8-24-10-25-16(12)13/h2-7H,8-10H2,1H3. The van der Waals surface area contributed by atoms with Crippen molar-refractivity contribution in [3.8, 4) is 17.1 Å². The third-order valence-corrected chi connectivity index (χ3v) is 5.33. The van der Waals surface area contributed by atoms with Crippen molar-refractivity contribution in [3.63, 3.8) is 0 Å². The highest BCUT2D eigenvalue weighted by Gasteiger charge is 2.18. The Bertz CT molecular complexity index is 946. The van der Waals surface area contributed by atoms with Crippen LogP contribution in [0.5, 0.6) is 5.75 Å². The third-order valence-electron chi connectivity index (χ3n) is 4.05. The molecule has 0 saturated heterocycles. The molecule has 134 valence electrons. The molecule has 3 aromatic rings. The zero-order chi connectivity index (χ0) is 18.1. The molecule has 0 radical (unpaired) electrons. The minimum absolute atomic E-state index is 0.241. The fourth-order valence-corrected chi connectivity index (χ4v) is 3.94. The summed E-state index contributed by atoms with van der Waals surface area (Å²) in [5, 5.41) is 9.88. The van der Waals surface area contributed by atoms with E-state index in [4.69, 9.17) is 21.1 Å². The van der Waals surface area contributed by atoms with Gasteiger partial charge in [-0.25, -0.2) is 4.39 Å². The van der Waals surface area contributed by atoms with Crippen molar-refractivity contribution in [3.05, 3.63) is 58.4 Å². The predicted octanol–water partition coefficient (Wildman–Crippen LogP) is 4.43. The van der Waals surface area contributed by atoms with E-state index in [1.165, 1.54) is 23.9 Å². The summed E-state index contributed by atoms with van der Waals surface area (Å²) in [5.41, 5.74) is 2.75. The van der Waals surface area contributed by atoms with Gasteiger partial charge >= 0.3 is 0 Å². The lowest BCUT2D eigenvalue weighted by atomic mass is 10.1. The summed E-state index contributed by atoms with van der Waals surface area (Å²) in [7, 11) is 1.89. The van der Waals surface area contributed by atoms with Crippen LogP contribution in [-0.2, 0) is 24.1 Å². The number of benzene rings is 2. The predicted molar refractivity (Wildman–Crippen MR) is 97.7 cm³/mol. The smallest absolute Gasteiger partial charge is 0.191 e. The first-order valence-electron chi connectivity index (χ1n) is 7.92. The van der Waals surface area contributed by atoms with E-state index in [0.717, 1.165) is 27.6 Å². The van der Waals surface area contributed by atoms with Crippen molar-refractivity contribution in [1.29, 1.82) is 0 Å². The highest BCUT2D eigenvalue weighted by molar-refractivity contribution is 7.98. The van der Waals surface area contributed by atoms with E-state index in [0.29, 0.717) is 23.2 Å². The van der Waals surface area contributed by atoms with Gasteiger partial charge in [0.2, 0.25) is 0 Å². The number of ether oxygens (including phenoxy) is 2. The largest absolute Gasteiger partial charge is 0.467 e. The Balaban J connectivity index is 1.56. The summed E-state index contributed by atoms with van der Waals surface area (Å²) < 4.78 is 25.9. The van der Waals surface area contributed by atoms with Gasteiger partial charge in [0, 0.05) is 34.5 Å². The van der Waals surface area contributed by atoms with Crippen molar-refractivity contribution in [2.75, 3.05) is 6.79 Å². The molecular weight excluding hydrogens is 377 g/mol. The van der Waals surface area contributed by atoms with Gasteiger partial charge < -0.3 is 14.0 Å². The van der Waals surface area contributed by atoms with Crippen molar-refractivity contribution in [2.24, 2.45) is 7.05 Å². The van der Waals surface area contributed by atoms with E-state index in [9.17, 15) is 4.39 Å². The van der Waals surface area contributed by atoms with Crippen LogP contribution >= 0.6 is 23.4 Å². The van der Waals surface area contributed by atoms with Crippen LogP contribution in [0, 0.1) is 5.82 Å². The van der Waals surface area contributed by atoms with E-state index in [-0.39, 0.29) is 12.6 Å². The molecule has 2 heterocycles. The van der Waals surface area contributed by atoms with Crippen LogP contribution in [0.1, 0.15) is 11.1 Å². The molecule has 0 atom stereocenters. The Hall–Kier alpha value is -2.09. The number of thioether (sulfide) groups is 1. The van der Waals surface area contributed by atoms with Gasteiger partial charge in [-0.15, -0.1) is 10.2 Å². The molecule has 26 heavy (non-hydrogen) atoms. The Morgan fingerprint density at radius 1 is 1.23 bits per heavy atom. The van der Waals surface area contributed by atoms with Crippen molar-refractivity contribution in [1.82, 2.24) is 14.8 Å². The molecule has 1 aromatic heterocycles. The molecule has 0 bridgehead atoms. The fourth-order valence-electron chi connectivity index (χ4n) is 2.80. The van der Waals surface area contributed by atoms with Crippen LogP contribution in [0.15, 0.2) is 41.6 Å². The number of hydrogen-bond donors (Lipinski definition) is 0. The molecule has 2 aromatic carbocycles. The normalized spacial score (nSPS) is 13.3. The van der Waals surface area contributed by atoms with Gasteiger partial charge in [-0.1, -0.05) is 23.4 Å². The molecule has 0 saturated carbocycles. The van der Waals surface area contributed by atoms with Crippen LogP contribution in [0.3, 0.4) is 0 Å². The summed E-state index contributed by atoms with van der Waals surface area (Å²) in [5.74, 6) is 1.87. The van der Waals surface area contributed by atoms with Crippen LogP contribution in [0.2, 0.25) is 5.02 Å². The van der Waals surface area contributed by atoms with Gasteiger partial charge in [0.25, 0.3) is 0 Å². The monoisotopic (exact) mass is 391 g/mol. The molecule has 1 aliphatic heterocycles. The molecule has 4 rings (SSSR count). The van der Waals surface area contributed by atoms with Gasteiger partial charge in [-0.2, -0.15) is 0 Å². The van der Waals surface area contributed by atoms with Gasteiger partial charge in [0.15, 0.2) is 17.8 Å². The Labute approximate surface area is 159 Å². The highest BCUT2D eigenvalue weighted by Crippen LogP contribution is 2.35. The molecular formula is C18H15ClFN3O2S. The minimum atomic E-state index is -0.278. The highest BCUT2D eigenvalue weighted by atomic mass is 35.5. The molecule has 0 spiro atoms. The number of halogens is 2. The van der Waals surface area contributed by atoms with E-state index in [1.807, 2.05) is 23.7 Å². The second-order valence-corrected chi connectivity index (χ2v) is 7.20. The number of rotatable bonds is 4. The van der Waals surface area contributed by atoms with Crippen molar-refractivity contribution in [2.45, 2.75) is 17.5 Å². The average Bonchev–Trinajstić information content (AvgIpc) is 3.01. The quantitative estimate of drug-likeness (QED) is 0.615. The lowest BCUT2D eigenvalue weighted by Crippen LogP contribution is -2.13. The Morgan fingerprint density at radius 3 is 2.85 bits per heavy atom. The maximum Gasteiger partial charge on any atom is 0.191 e. The van der Waals surface area contributed by atoms with Crippen molar-refractivity contribution >= 4 is 23.4 Å². The summed E-state index contributed by atoms with van der Waals surface area (Å²) in [4.78, 5) is 0. The Kier molecular flexibility index (Phi) is 4.84. The van der Waals surface area contributed by atoms with Gasteiger partial charge in [-0.05, 0) is 36.4 Å². The fraction of sp³-hybridized carbons (Fsp3) is 0.222. The maximum atomic E-state index is 13.1. The van der Waals surface area contributed by atoms with Gasteiger partial charge in [0.1, 0.15) is 11.6 Å². The van der Waals surface area contributed by atoms with Crippen LogP contribution in [0.25, 0.3) is 11.4 Å². The molecule has 0 amide bonds. The zero-order valence-corrected chi connectivity index (χ0v) is 15.5. The zero-order valence-electron chi connectivity index (χ0n) is 13.9. The first-order chi connectivity index (χ1) is 12.6. The van der Waals surface area contributed by atoms with Crippen LogP contribution < -0.4 is 4.74 Å².